The summed E-state index contributed by atoms with van der Waals surface area (Å²) in [4.78, 5) is 4.02. The highest BCUT2D eigenvalue weighted by Crippen LogP contribution is 2.27. The average molecular weight is 253 g/mol. The van der Waals surface area contributed by atoms with Gasteiger partial charge in [-0.3, -0.25) is 0 Å². The number of nitrogens with zero attached hydrogens (tertiary/aromatic N) is 2. The van der Waals surface area contributed by atoms with E-state index >= 15 is 0 Å². The van der Waals surface area contributed by atoms with Crippen molar-refractivity contribution in [2.75, 3.05) is 40.3 Å². The van der Waals surface area contributed by atoms with Gasteiger partial charge in [-0.2, -0.15) is 13.2 Å². The summed E-state index contributed by atoms with van der Waals surface area (Å²) in [5.41, 5.74) is 5.20. The van der Waals surface area contributed by atoms with E-state index < -0.39 is 12.1 Å². The van der Waals surface area contributed by atoms with Crippen molar-refractivity contribution in [2.45, 2.75) is 25.1 Å². The largest absolute Gasteiger partial charge is 0.394 e. The number of hydrogen-bond donors (Lipinski definition) is 1. The van der Waals surface area contributed by atoms with Crippen LogP contribution in [0.15, 0.2) is 0 Å². The fourth-order valence-corrected chi connectivity index (χ4v) is 2.24. The number of nitrogens with two attached hydrogens (primary N) is 1. The molecule has 0 bridgehead atoms. The van der Waals surface area contributed by atoms with Crippen molar-refractivity contribution >= 4 is 0 Å². The summed E-state index contributed by atoms with van der Waals surface area (Å²) in [6, 6.07) is 0.494. The molecule has 1 aliphatic heterocycles. The molecule has 17 heavy (non-hydrogen) atoms. The van der Waals surface area contributed by atoms with Gasteiger partial charge in [0.05, 0.1) is 5.92 Å². The first kappa shape index (κ1) is 14.7. The molecule has 102 valence electrons. The van der Waals surface area contributed by atoms with Gasteiger partial charge in [-0.15, -0.1) is 0 Å². The van der Waals surface area contributed by atoms with Gasteiger partial charge in [0.2, 0.25) is 0 Å². The molecule has 1 unspecified atom stereocenters. The van der Waals surface area contributed by atoms with E-state index in [9.17, 15) is 13.2 Å². The maximum atomic E-state index is 12.6. The molecular formula is C11H22F3N3. The highest BCUT2D eigenvalue weighted by molar-refractivity contribution is 4.80. The van der Waals surface area contributed by atoms with Crippen LogP contribution in [-0.2, 0) is 0 Å². The molecule has 3 nitrogen and oxygen atoms in total. The van der Waals surface area contributed by atoms with Crippen molar-refractivity contribution < 1.29 is 13.2 Å². The van der Waals surface area contributed by atoms with Crippen molar-refractivity contribution in [1.29, 1.82) is 0 Å². The lowest BCUT2D eigenvalue weighted by Crippen LogP contribution is -2.47. The van der Waals surface area contributed by atoms with Crippen LogP contribution in [0.5, 0.6) is 0 Å². The van der Waals surface area contributed by atoms with E-state index in [2.05, 4.69) is 4.90 Å². The molecule has 1 fully saturated rings. The number of halogens is 3. The fraction of sp³-hybridized carbons (Fsp3) is 1.00. The topological polar surface area (TPSA) is 32.5 Å². The molecule has 0 aromatic carbocycles. The van der Waals surface area contributed by atoms with Gasteiger partial charge in [0.25, 0.3) is 0 Å². The molecule has 1 rings (SSSR count). The SMILES string of the molecule is CN(C)C1CCN(CC(CN)C(F)(F)F)CC1. The maximum Gasteiger partial charge on any atom is 0.394 e. The minimum absolute atomic E-state index is 0.0418. The Morgan fingerprint density at radius 1 is 1.29 bits per heavy atom. The Hall–Kier alpha value is -0.330. The molecule has 1 aliphatic rings. The Balaban J connectivity index is 2.39. The summed E-state index contributed by atoms with van der Waals surface area (Å²) in [6.07, 6.45) is -2.31. The molecule has 0 saturated carbocycles. The van der Waals surface area contributed by atoms with Gasteiger partial charge in [-0.1, -0.05) is 0 Å². The predicted octanol–water partition coefficient (Wildman–Crippen LogP) is 1.15. The summed E-state index contributed by atoms with van der Waals surface area (Å²) < 4.78 is 37.7. The molecule has 0 amide bonds. The smallest absolute Gasteiger partial charge is 0.330 e. The molecule has 6 heteroatoms. The lowest BCUT2D eigenvalue weighted by atomic mass is 10.0. The summed E-state index contributed by atoms with van der Waals surface area (Å²) in [5.74, 6) is -1.39. The van der Waals surface area contributed by atoms with Crippen molar-refractivity contribution in [3.05, 3.63) is 0 Å². The summed E-state index contributed by atoms with van der Waals surface area (Å²) >= 11 is 0. The first-order valence-electron chi connectivity index (χ1n) is 6.00. The van der Waals surface area contributed by atoms with E-state index in [1.165, 1.54) is 0 Å². The Kier molecular flexibility index (Phi) is 5.22. The highest BCUT2D eigenvalue weighted by atomic mass is 19.4. The molecule has 1 atom stereocenters. The third-order valence-corrected chi connectivity index (χ3v) is 3.51. The Labute approximate surface area is 101 Å². The van der Waals surface area contributed by atoms with Crippen LogP contribution >= 0.6 is 0 Å². The van der Waals surface area contributed by atoms with Gasteiger partial charge in [0.15, 0.2) is 0 Å². The molecule has 0 aliphatic carbocycles. The molecule has 0 radical (unpaired) electrons. The van der Waals surface area contributed by atoms with Crippen molar-refractivity contribution in [1.82, 2.24) is 9.80 Å². The van der Waals surface area contributed by atoms with Crippen molar-refractivity contribution in [3.8, 4) is 0 Å². The maximum absolute atomic E-state index is 12.6. The lowest BCUT2D eigenvalue weighted by Gasteiger charge is -2.36. The summed E-state index contributed by atoms with van der Waals surface area (Å²) in [7, 11) is 4.03. The Morgan fingerprint density at radius 2 is 1.82 bits per heavy atom. The minimum Gasteiger partial charge on any atom is -0.330 e. The zero-order valence-corrected chi connectivity index (χ0v) is 10.5. The van der Waals surface area contributed by atoms with Crippen LogP contribution in [0.25, 0.3) is 0 Å². The average Bonchev–Trinajstić information content (AvgIpc) is 2.24. The van der Waals surface area contributed by atoms with Crippen LogP contribution in [0.3, 0.4) is 0 Å². The second-order valence-corrected chi connectivity index (χ2v) is 4.97. The second-order valence-electron chi connectivity index (χ2n) is 4.97. The monoisotopic (exact) mass is 253 g/mol. The van der Waals surface area contributed by atoms with Gasteiger partial charge in [0, 0.05) is 19.1 Å². The van der Waals surface area contributed by atoms with Crippen LogP contribution in [0, 0.1) is 5.92 Å². The lowest BCUT2D eigenvalue weighted by molar-refractivity contribution is -0.177. The third-order valence-electron chi connectivity index (χ3n) is 3.51. The van der Waals surface area contributed by atoms with Crippen molar-refractivity contribution in [2.24, 2.45) is 11.7 Å². The second kappa shape index (κ2) is 6.02. The molecular weight excluding hydrogens is 231 g/mol. The van der Waals surface area contributed by atoms with E-state index in [0.717, 1.165) is 25.9 Å². The molecule has 1 saturated heterocycles. The first-order valence-corrected chi connectivity index (χ1v) is 6.00. The number of rotatable bonds is 4. The van der Waals surface area contributed by atoms with Gasteiger partial charge in [-0.25, -0.2) is 0 Å². The van der Waals surface area contributed by atoms with Crippen LogP contribution in [0.4, 0.5) is 13.2 Å². The van der Waals surface area contributed by atoms with E-state index in [1.54, 1.807) is 0 Å². The van der Waals surface area contributed by atoms with E-state index in [1.807, 2.05) is 19.0 Å². The number of hydrogen-bond acceptors (Lipinski definition) is 3. The zero-order valence-electron chi connectivity index (χ0n) is 10.5. The minimum atomic E-state index is -4.17. The van der Waals surface area contributed by atoms with Gasteiger partial charge < -0.3 is 15.5 Å². The summed E-state index contributed by atoms with van der Waals surface area (Å²) in [5, 5.41) is 0. The van der Waals surface area contributed by atoms with E-state index in [-0.39, 0.29) is 13.1 Å². The Bertz CT molecular complexity index is 222. The molecule has 0 aromatic rings. The molecule has 0 spiro atoms. The Morgan fingerprint density at radius 3 is 2.18 bits per heavy atom. The van der Waals surface area contributed by atoms with Crippen LogP contribution in [-0.4, -0.2) is 62.3 Å². The molecule has 1 heterocycles. The number of piperidine rings is 1. The third kappa shape index (κ3) is 4.44. The molecule has 0 aromatic heterocycles. The van der Waals surface area contributed by atoms with Crippen LogP contribution in [0.1, 0.15) is 12.8 Å². The van der Waals surface area contributed by atoms with E-state index in [0.29, 0.717) is 6.04 Å². The molecule has 2 N–H and O–H groups in total. The van der Waals surface area contributed by atoms with Crippen LogP contribution in [0.2, 0.25) is 0 Å². The standard InChI is InChI=1S/C11H22F3N3/c1-16(2)10-3-5-17(6-4-10)8-9(7-15)11(12,13)14/h9-10H,3-8,15H2,1-2H3. The van der Waals surface area contributed by atoms with Gasteiger partial charge in [0.1, 0.15) is 0 Å². The van der Waals surface area contributed by atoms with E-state index in [4.69, 9.17) is 5.73 Å². The van der Waals surface area contributed by atoms with Gasteiger partial charge in [-0.05, 0) is 40.0 Å². The van der Waals surface area contributed by atoms with Gasteiger partial charge >= 0.3 is 6.18 Å². The first-order chi connectivity index (χ1) is 7.84. The van der Waals surface area contributed by atoms with Crippen LogP contribution < -0.4 is 5.73 Å². The van der Waals surface area contributed by atoms with Crippen molar-refractivity contribution in [3.63, 3.8) is 0 Å². The number of likely N-dealkylation sites (tertiary alicyclic amines) is 1. The summed E-state index contributed by atoms with van der Waals surface area (Å²) in [6.45, 7) is 1.18. The highest BCUT2D eigenvalue weighted by Gasteiger charge is 2.39. The quantitative estimate of drug-likeness (QED) is 0.816. The normalized spacial score (nSPS) is 22.1. The fourth-order valence-electron chi connectivity index (χ4n) is 2.24. The zero-order chi connectivity index (χ0) is 13.1. The predicted molar refractivity (Wildman–Crippen MR) is 61.7 cm³/mol. The number of alkyl halides is 3.